The third-order valence-electron chi connectivity index (χ3n) is 3.72. The van der Waals surface area contributed by atoms with Crippen LogP contribution in [0.1, 0.15) is 28.3 Å². The zero-order valence-corrected chi connectivity index (χ0v) is 16.1. The van der Waals surface area contributed by atoms with Gasteiger partial charge in [0.15, 0.2) is 5.16 Å². The number of hydrogen-bond donors (Lipinski definition) is 2. The molecule has 3 heterocycles. The molecule has 5 nitrogen and oxygen atoms in total. The van der Waals surface area contributed by atoms with Gasteiger partial charge >= 0.3 is 0 Å². The topological polar surface area (TPSA) is 80.9 Å². The number of carbonyl (C=O) groups is 1. The second-order valence-electron chi connectivity index (χ2n) is 5.45. The van der Waals surface area contributed by atoms with E-state index in [1.54, 1.807) is 22.7 Å². The number of nitrogens with zero attached hydrogens (tertiary/aromatic N) is 2. The molecule has 0 fully saturated rings. The second kappa shape index (κ2) is 7.08. The normalized spacial score (nSPS) is 12.5. The maximum atomic E-state index is 12.1. The molecule has 3 N–H and O–H groups in total. The van der Waals surface area contributed by atoms with Crippen LogP contribution in [0, 0.1) is 13.8 Å². The molecular weight excluding hydrogens is 360 g/mol. The molecule has 3 aromatic heterocycles. The van der Waals surface area contributed by atoms with Crippen LogP contribution in [0.5, 0.6) is 0 Å². The molecule has 1 atom stereocenters. The number of thioether (sulfide) groups is 1. The molecule has 24 heavy (non-hydrogen) atoms. The van der Waals surface area contributed by atoms with E-state index < -0.39 is 0 Å². The van der Waals surface area contributed by atoms with Crippen LogP contribution in [-0.4, -0.2) is 21.6 Å². The van der Waals surface area contributed by atoms with Crippen molar-refractivity contribution in [3.05, 3.63) is 32.8 Å². The van der Waals surface area contributed by atoms with Gasteiger partial charge in [-0.15, -0.1) is 22.7 Å². The number of aryl methyl sites for hydroxylation is 2. The minimum absolute atomic E-state index is 0.00848. The largest absolute Gasteiger partial charge is 0.383 e. The summed E-state index contributed by atoms with van der Waals surface area (Å²) in [5.74, 6) is 0.711. The van der Waals surface area contributed by atoms with E-state index in [9.17, 15) is 4.79 Å². The number of thiophene rings is 2. The fourth-order valence-electron chi connectivity index (χ4n) is 2.35. The van der Waals surface area contributed by atoms with E-state index in [1.165, 1.54) is 16.6 Å². The Hall–Kier alpha value is -1.64. The van der Waals surface area contributed by atoms with Crippen LogP contribution in [0.25, 0.3) is 10.2 Å². The van der Waals surface area contributed by atoms with E-state index in [4.69, 9.17) is 5.73 Å². The van der Waals surface area contributed by atoms with Gasteiger partial charge in [0.2, 0.25) is 5.91 Å². The number of nitrogens with two attached hydrogens (primary N) is 1. The maximum absolute atomic E-state index is 12.1. The van der Waals surface area contributed by atoms with Gasteiger partial charge in [-0.2, -0.15) is 0 Å². The molecule has 0 bridgehead atoms. The molecule has 0 aliphatic carbocycles. The number of amides is 1. The number of anilines is 1. The van der Waals surface area contributed by atoms with E-state index in [2.05, 4.69) is 15.3 Å². The molecule has 1 unspecified atom stereocenters. The van der Waals surface area contributed by atoms with Crippen molar-refractivity contribution in [2.45, 2.75) is 32.0 Å². The summed E-state index contributed by atoms with van der Waals surface area (Å²) in [4.78, 5) is 24.2. The van der Waals surface area contributed by atoms with Gasteiger partial charge in [0.1, 0.15) is 10.6 Å². The summed E-state index contributed by atoms with van der Waals surface area (Å²) in [5, 5.41) is 6.46. The highest BCUT2D eigenvalue weighted by Gasteiger charge is 2.15. The predicted octanol–water partition coefficient (Wildman–Crippen LogP) is 3.92. The van der Waals surface area contributed by atoms with Gasteiger partial charge in [0, 0.05) is 9.75 Å². The van der Waals surface area contributed by atoms with Gasteiger partial charge in [-0.05, 0) is 37.8 Å². The van der Waals surface area contributed by atoms with Crippen LogP contribution < -0.4 is 11.1 Å². The van der Waals surface area contributed by atoms with E-state index in [1.807, 2.05) is 38.3 Å². The molecule has 3 aromatic rings. The number of carbonyl (C=O) groups excluding carboxylic acids is 1. The maximum Gasteiger partial charge on any atom is 0.230 e. The number of fused-ring (bicyclic) bond motifs is 1. The Morgan fingerprint density at radius 3 is 2.92 bits per heavy atom. The van der Waals surface area contributed by atoms with Crippen molar-refractivity contribution in [3.63, 3.8) is 0 Å². The SMILES string of the molecule is Cc1sc2nc(SCC(=O)NC(C)c3cccs3)nc(N)c2c1C. The Morgan fingerprint density at radius 1 is 1.42 bits per heavy atom. The lowest BCUT2D eigenvalue weighted by Crippen LogP contribution is -2.27. The molecule has 0 saturated heterocycles. The summed E-state index contributed by atoms with van der Waals surface area (Å²) >= 11 is 4.55. The van der Waals surface area contributed by atoms with Crippen LogP contribution in [0.2, 0.25) is 0 Å². The first-order chi connectivity index (χ1) is 11.5. The number of aromatic nitrogens is 2. The summed E-state index contributed by atoms with van der Waals surface area (Å²) in [6, 6.07) is 4.00. The van der Waals surface area contributed by atoms with Crippen molar-refractivity contribution in [1.29, 1.82) is 0 Å². The second-order valence-corrected chi connectivity index (χ2v) is 8.57. The molecular formula is C16H18N4OS3. The number of hydrogen-bond acceptors (Lipinski definition) is 7. The van der Waals surface area contributed by atoms with Crippen molar-refractivity contribution in [2.24, 2.45) is 0 Å². The first kappa shape index (κ1) is 17.2. The minimum atomic E-state index is -0.0401. The summed E-state index contributed by atoms with van der Waals surface area (Å²) < 4.78 is 0. The predicted molar refractivity (Wildman–Crippen MR) is 103 cm³/mol. The van der Waals surface area contributed by atoms with Gasteiger partial charge in [0.05, 0.1) is 17.2 Å². The average molecular weight is 379 g/mol. The van der Waals surface area contributed by atoms with E-state index in [0.717, 1.165) is 20.7 Å². The molecule has 1 amide bonds. The monoisotopic (exact) mass is 378 g/mol. The Balaban J connectivity index is 1.66. The fourth-order valence-corrected chi connectivity index (χ4v) is 4.84. The van der Waals surface area contributed by atoms with Gasteiger partial charge < -0.3 is 11.1 Å². The fraction of sp³-hybridized carbons (Fsp3) is 0.312. The van der Waals surface area contributed by atoms with Crippen LogP contribution in [-0.2, 0) is 4.79 Å². The highest BCUT2D eigenvalue weighted by atomic mass is 32.2. The molecule has 0 aromatic carbocycles. The lowest BCUT2D eigenvalue weighted by Gasteiger charge is -2.11. The first-order valence-electron chi connectivity index (χ1n) is 7.44. The smallest absolute Gasteiger partial charge is 0.230 e. The van der Waals surface area contributed by atoms with Gasteiger partial charge in [0.25, 0.3) is 0 Å². The quantitative estimate of drug-likeness (QED) is 0.519. The molecule has 0 aliphatic heterocycles. The summed E-state index contributed by atoms with van der Waals surface area (Å²) in [7, 11) is 0. The van der Waals surface area contributed by atoms with E-state index in [-0.39, 0.29) is 17.7 Å². The summed E-state index contributed by atoms with van der Waals surface area (Å²) in [5.41, 5.74) is 7.20. The van der Waals surface area contributed by atoms with Gasteiger partial charge in [-0.1, -0.05) is 17.8 Å². The van der Waals surface area contributed by atoms with Crippen LogP contribution >= 0.6 is 34.4 Å². The molecule has 8 heteroatoms. The van der Waals surface area contributed by atoms with E-state index >= 15 is 0 Å². The average Bonchev–Trinajstić information content (AvgIpc) is 3.15. The summed E-state index contributed by atoms with van der Waals surface area (Å²) in [6.45, 7) is 6.06. The third kappa shape index (κ3) is 3.55. The molecule has 126 valence electrons. The van der Waals surface area contributed by atoms with Crippen molar-refractivity contribution < 1.29 is 4.79 Å². The first-order valence-corrected chi connectivity index (χ1v) is 10.1. The standard InChI is InChI=1S/C16H18N4OS3/c1-8-10(3)24-15-13(8)14(17)19-16(20-15)23-7-12(21)18-9(2)11-5-4-6-22-11/h4-6,9H,7H2,1-3H3,(H,18,21)(H2,17,19,20). The number of nitrogen functional groups attached to an aromatic ring is 1. The highest BCUT2D eigenvalue weighted by molar-refractivity contribution is 7.99. The van der Waals surface area contributed by atoms with Crippen molar-refractivity contribution in [2.75, 3.05) is 11.5 Å². The van der Waals surface area contributed by atoms with Gasteiger partial charge in [-0.25, -0.2) is 9.97 Å². The van der Waals surface area contributed by atoms with Crippen LogP contribution in [0.15, 0.2) is 22.7 Å². The molecule has 0 aliphatic rings. The number of nitrogens with one attached hydrogen (secondary N) is 1. The summed E-state index contributed by atoms with van der Waals surface area (Å²) in [6.07, 6.45) is 0. The molecule has 0 radical (unpaired) electrons. The Morgan fingerprint density at radius 2 is 2.21 bits per heavy atom. The molecule has 0 spiro atoms. The third-order valence-corrected chi connectivity index (χ3v) is 6.72. The molecule has 3 rings (SSSR count). The Bertz CT molecular complexity index is 873. The van der Waals surface area contributed by atoms with Crippen LogP contribution in [0.3, 0.4) is 0 Å². The Kier molecular flexibility index (Phi) is 5.07. The minimum Gasteiger partial charge on any atom is -0.383 e. The lowest BCUT2D eigenvalue weighted by molar-refractivity contribution is -0.119. The Labute approximate surface area is 152 Å². The molecule has 0 saturated carbocycles. The van der Waals surface area contributed by atoms with Gasteiger partial charge in [-0.3, -0.25) is 4.79 Å². The zero-order chi connectivity index (χ0) is 17.3. The van der Waals surface area contributed by atoms with Crippen molar-refractivity contribution >= 4 is 56.4 Å². The lowest BCUT2D eigenvalue weighted by atomic mass is 10.2. The van der Waals surface area contributed by atoms with Crippen molar-refractivity contribution in [3.8, 4) is 0 Å². The number of rotatable bonds is 5. The zero-order valence-electron chi connectivity index (χ0n) is 13.6. The van der Waals surface area contributed by atoms with Crippen LogP contribution in [0.4, 0.5) is 5.82 Å². The highest BCUT2D eigenvalue weighted by Crippen LogP contribution is 2.33. The van der Waals surface area contributed by atoms with E-state index in [0.29, 0.717) is 11.0 Å². The van der Waals surface area contributed by atoms with Crippen molar-refractivity contribution in [1.82, 2.24) is 15.3 Å².